The number of rotatable bonds is 4. The fourth-order valence-corrected chi connectivity index (χ4v) is 3.76. The zero-order valence-electron chi connectivity index (χ0n) is 18.2. The molecule has 0 saturated carbocycles. The van der Waals surface area contributed by atoms with Gasteiger partial charge in [0.25, 0.3) is 0 Å². The minimum Gasteiger partial charge on any atom is -0.505 e. The fraction of sp³-hybridized carbons (Fsp3) is 0.208. The highest BCUT2D eigenvalue weighted by Gasteiger charge is 2.23. The van der Waals surface area contributed by atoms with Crippen LogP contribution in [0.15, 0.2) is 70.3 Å². The molecule has 0 aliphatic carbocycles. The summed E-state index contributed by atoms with van der Waals surface area (Å²) in [7, 11) is -3.29. The molecule has 2 aromatic carbocycles. The SMILES string of the molecule is C=C1NCCN(Cc2c(F)ccc(F)c2O)C1=N/C(C#Cc1ccc(S(C)(=O)=O)cc1)=C\C. The van der Waals surface area contributed by atoms with E-state index in [1.165, 1.54) is 12.1 Å². The van der Waals surface area contributed by atoms with Crippen LogP contribution < -0.4 is 5.32 Å². The molecule has 1 aliphatic rings. The lowest BCUT2D eigenvalue weighted by Crippen LogP contribution is -2.45. The number of phenols is 1. The van der Waals surface area contributed by atoms with Crippen molar-refractivity contribution >= 4 is 15.7 Å². The Kier molecular flexibility index (Phi) is 7.19. The van der Waals surface area contributed by atoms with E-state index in [4.69, 9.17) is 0 Å². The van der Waals surface area contributed by atoms with Crippen molar-refractivity contribution in [3.8, 4) is 17.6 Å². The Morgan fingerprint density at radius 1 is 1.24 bits per heavy atom. The third-order valence-electron chi connectivity index (χ3n) is 4.93. The van der Waals surface area contributed by atoms with E-state index in [1.807, 2.05) is 0 Å². The number of allylic oxidation sites excluding steroid dienone is 2. The first-order valence-electron chi connectivity index (χ1n) is 10.0. The Morgan fingerprint density at radius 3 is 2.55 bits per heavy atom. The Labute approximate surface area is 191 Å². The monoisotopic (exact) mass is 471 g/mol. The molecule has 1 fully saturated rings. The van der Waals surface area contributed by atoms with Crippen LogP contribution in [0.2, 0.25) is 0 Å². The van der Waals surface area contributed by atoms with E-state index in [9.17, 15) is 22.3 Å². The number of aromatic hydroxyl groups is 1. The van der Waals surface area contributed by atoms with E-state index < -0.39 is 27.2 Å². The number of piperazine rings is 1. The van der Waals surface area contributed by atoms with Crippen molar-refractivity contribution in [3.63, 3.8) is 0 Å². The standard InChI is InChI=1S/C24H23F2N3O3S/c1-4-18(8-5-17-6-9-19(10-7-17)33(3,31)32)28-24-16(2)27-13-14-29(24)15-20-21(25)11-12-22(26)23(20)30/h4,6-7,9-12,27,30H,2,13-15H2,1,3H3/b18-4-,28-24?. The summed E-state index contributed by atoms with van der Waals surface area (Å²) in [6, 6.07) is 8.01. The van der Waals surface area contributed by atoms with Gasteiger partial charge in [0.15, 0.2) is 27.2 Å². The molecule has 0 amide bonds. The number of hydrogen-bond acceptors (Lipinski definition) is 5. The maximum atomic E-state index is 14.2. The lowest BCUT2D eigenvalue weighted by Gasteiger charge is -2.32. The Hall–Kier alpha value is -3.64. The molecule has 0 spiro atoms. The molecule has 2 aromatic rings. The summed E-state index contributed by atoms with van der Waals surface area (Å²) in [6.45, 7) is 6.52. The maximum Gasteiger partial charge on any atom is 0.175 e. The molecular formula is C24H23F2N3O3S. The number of aliphatic imine (C=N–C) groups is 1. The third kappa shape index (κ3) is 5.79. The first-order valence-corrected chi connectivity index (χ1v) is 11.9. The maximum absolute atomic E-state index is 14.2. The van der Waals surface area contributed by atoms with E-state index in [1.54, 1.807) is 30.0 Å². The molecule has 3 rings (SSSR count). The molecule has 0 radical (unpaired) electrons. The summed E-state index contributed by atoms with van der Waals surface area (Å²) in [5.74, 6) is 3.88. The summed E-state index contributed by atoms with van der Waals surface area (Å²) in [5, 5.41) is 13.1. The summed E-state index contributed by atoms with van der Waals surface area (Å²) in [4.78, 5) is 6.43. The van der Waals surface area contributed by atoms with Gasteiger partial charge in [0, 0.05) is 24.9 Å². The van der Waals surface area contributed by atoms with Crippen LogP contribution in [-0.4, -0.2) is 43.6 Å². The lowest BCUT2D eigenvalue weighted by molar-refractivity contribution is 0.359. The van der Waals surface area contributed by atoms with Gasteiger partial charge in [-0.2, -0.15) is 0 Å². The van der Waals surface area contributed by atoms with Gasteiger partial charge in [-0.3, -0.25) is 0 Å². The topological polar surface area (TPSA) is 82.0 Å². The second-order valence-electron chi connectivity index (χ2n) is 7.34. The van der Waals surface area contributed by atoms with Gasteiger partial charge in [-0.05, 0) is 49.2 Å². The highest BCUT2D eigenvalue weighted by atomic mass is 32.2. The number of phenolic OH excluding ortho intramolecular Hbond substituents is 1. The van der Waals surface area contributed by atoms with Crippen LogP contribution in [0.25, 0.3) is 0 Å². The quantitative estimate of drug-likeness (QED) is 0.669. The minimum absolute atomic E-state index is 0.105. The van der Waals surface area contributed by atoms with E-state index >= 15 is 0 Å². The van der Waals surface area contributed by atoms with Crippen molar-refractivity contribution in [1.82, 2.24) is 10.2 Å². The van der Waals surface area contributed by atoms with Gasteiger partial charge in [0.2, 0.25) is 0 Å². The Morgan fingerprint density at radius 2 is 1.91 bits per heavy atom. The van der Waals surface area contributed by atoms with Crippen molar-refractivity contribution in [2.45, 2.75) is 18.4 Å². The number of amidine groups is 1. The second-order valence-corrected chi connectivity index (χ2v) is 9.35. The predicted octanol–water partition coefficient (Wildman–Crippen LogP) is 3.35. The van der Waals surface area contributed by atoms with Gasteiger partial charge >= 0.3 is 0 Å². The van der Waals surface area contributed by atoms with Crippen LogP contribution in [0.5, 0.6) is 5.75 Å². The van der Waals surface area contributed by atoms with Crippen molar-refractivity contribution < 1.29 is 22.3 Å². The number of benzene rings is 2. The van der Waals surface area contributed by atoms with Crippen molar-refractivity contribution in [3.05, 3.63) is 83.2 Å². The zero-order chi connectivity index (χ0) is 24.2. The number of sulfone groups is 1. The molecule has 0 bridgehead atoms. The van der Waals surface area contributed by atoms with E-state index in [-0.39, 0.29) is 17.0 Å². The molecule has 6 nitrogen and oxygen atoms in total. The molecule has 2 N–H and O–H groups in total. The number of halogens is 2. The largest absolute Gasteiger partial charge is 0.505 e. The van der Waals surface area contributed by atoms with Crippen LogP contribution in [0.3, 0.4) is 0 Å². The average molecular weight is 472 g/mol. The van der Waals surface area contributed by atoms with Gasteiger partial charge < -0.3 is 15.3 Å². The van der Waals surface area contributed by atoms with Crippen LogP contribution in [0.1, 0.15) is 18.1 Å². The summed E-state index contributed by atoms with van der Waals surface area (Å²) >= 11 is 0. The Balaban J connectivity index is 1.89. The molecule has 0 unspecified atom stereocenters. The number of nitrogens with one attached hydrogen (secondary N) is 1. The van der Waals surface area contributed by atoms with E-state index in [0.29, 0.717) is 35.9 Å². The number of nitrogens with zero attached hydrogens (tertiary/aromatic N) is 2. The van der Waals surface area contributed by atoms with Gasteiger partial charge in [0.05, 0.1) is 22.7 Å². The number of hydrogen-bond donors (Lipinski definition) is 2. The Bertz CT molecular complexity index is 1300. The van der Waals surface area contributed by atoms with Crippen LogP contribution in [0, 0.1) is 23.5 Å². The molecule has 33 heavy (non-hydrogen) atoms. The molecule has 0 aromatic heterocycles. The normalized spacial score (nSPS) is 15.8. The van der Waals surface area contributed by atoms with Gasteiger partial charge in [-0.1, -0.05) is 18.6 Å². The zero-order valence-corrected chi connectivity index (χ0v) is 19.0. The molecule has 1 heterocycles. The lowest BCUT2D eigenvalue weighted by atomic mass is 10.1. The summed E-state index contributed by atoms with van der Waals surface area (Å²) in [6.07, 6.45) is 2.82. The first kappa shape index (κ1) is 24.0. The third-order valence-corrected chi connectivity index (χ3v) is 6.06. The van der Waals surface area contributed by atoms with Gasteiger partial charge in [0.1, 0.15) is 11.5 Å². The molecular weight excluding hydrogens is 448 g/mol. The van der Waals surface area contributed by atoms with Crippen molar-refractivity contribution in [1.29, 1.82) is 0 Å². The predicted molar refractivity (Wildman–Crippen MR) is 123 cm³/mol. The minimum atomic E-state index is -3.29. The molecule has 9 heteroatoms. The molecule has 0 atom stereocenters. The van der Waals surface area contributed by atoms with Crippen molar-refractivity contribution in [2.75, 3.05) is 19.3 Å². The van der Waals surface area contributed by atoms with Gasteiger partial charge in [-0.25, -0.2) is 22.2 Å². The smallest absolute Gasteiger partial charge is 0.175 e. The van der Waals surface area contributed by atoms with Gasteiger partial charge in [-0.15, -0.1) is 0 Å². The van der Waals surface area contributed by atoms with Crippen molar-refractivity contribution in [2.24, 2.45) is 4.99 Å². The molecule has 1 saturated heterocycles. The average Bonchev–Trinajstić information content (AvgIpc) is 2.78. The van der Waals surface area contributed by atoms with Crippen LogP contribution in [-0.2, 0) is 16.4 Å². The van der Waals surface area contributed by atoms with E-state index in [0.717, 1.165) is 18.4 Å². The van der Waals surface area contributed by atoms with Crippen LogP contribution >= 0.6 is 0 Å². The van der Waals surface area contributed by atoms with Crippen LogP contribution in [0.4, 0.5) is 8.78 Å². The molecule has 1 aliphatic heterocycles. The van der Waals surface area contributed by atoms with E-state index in [2.05, 4.69) is 28.7 Å². The molecule has 172 valence electrons. The summed E-state index contributed by atoms with van der Waals surface area (Å²) < 4.78 is 51.2. The summed E-state index contributed by atoms with van der Waals surface area (Å²) in [5.41, 5.74) is 1.31. The second kappa shape index (κ2) is 9.88. The highest BCUT2D eigenvalue weighted by molar-refractivity contribution is 7.90. The first-order chi connectivity index (χ1) is 15.6. The fourth-order valence-electron chi connectivity index (χ4n) is 3.13. The highest BCUT2D eigenvalue weighted by Crippen LogP contribution is 2.26.